The quantitative estimate of drug-likeness (QED) is 0.590. The van der Waals surface area contributed by atoms with E-state index >= 15 is 0 Å². The van der Waals surface area contributed by atoms with Crippen LogP contribution in [0.2, 0.25) is 0 Å². The van der Waals surface area contributed by atoms with Crippen molar-refractivity contribution in [1.82, 2.24) is 4.98 Å². The van der Waals surface area contributed by atoms with Gasteiger partial charge in [-0.3, -0.25) is 4.79 Å². The van der Waals surface area contributed by atoms with Crippen LogP contribution in [0.5, 0.6) is 0 Å². The van der Waals surface area contributed by atoms with Crippen LogP contribution in [0.25, 0.3) is 0 Å². The molecule has 1 aliphatic carbocycles. The van der Waals surface area contributed by atoms with E-state index < -0.39 is 0 Å². The van der Waals surface area contributed by atoms with Gasteiger partial charge in [0, 0.05) is 17.4 Å². The third kappa shape index (κ3) is 1.23. The number of fused-ring (bicyclic) bond motifs is 2. The van der Waals surface area contributed by atoms with Crippen LogP contribution < -0.4 is 5.32 Å². The highest BCUT2D eigenvalue weighted by Gasteiger charge is 2.48. The van der Waals surface area contributed by atoms with Crippen LogP contribution in [-0.4, -0.2) is 10.9 Å². The van der Waals surface area contributed by atoms with Gasteiger partial charge >= 0.3 is 0 Å². The maximum atomic E-state index is 12.0. The zero-order valence-corrected chi connectivity index (χ0v) is 10.4. The lowest BCUT2D eigenvalue weighted by atomic mass is 9.81. The van der Waals surface area contributed by atoms with Crippen LogP contribution >= 0.6 is 22.6 Å². The number of carbonyl (C=O) groups is 1. The molecule has 0 unspecified atom stereocenters. The molecule has 0 aromatic carbocycles. The topological polar surface area (TPSA) is 42.0 Å². The molecule has 1 saturated carbocycles. The first-order chi connectivity index (χ1) is 7.22. The summed E-state index contributed by atoms with van der Waals surface area (Å²) in [5, 5.41) is 2.99. The summed E-state index contributed by atoms with van der Waals surface area (Å²) in [7, 11) is 0. The minimum Gasteiger partial charge on any atom is -0.325 e. The van der Waals surface area contributed by atoms with E-state index in [9.17, 15) is 4.79 Å². The van der Waals surface area contributed by atoms with Crippen LogP contribution in [0.3, 0.4) is 0 Å². The molecule has 0 saturated heterocycles. The molecule has 1 aromatic rings. The number of aromatic nitrogens is 1. The molecule has 3 nitrogen and oxygen atoms in total. The Kier molecular flexibility index (Phi) is 2.02. The number of carbonyl (C=O) groups excluding carboxylic acids is 1. The van der Waals surface area contributed by atoms with Gasteiger partial charge in [-0.15, -0.1) is 0 Å². The van der Waals surface area contributed by atoms with Crippen LogP contribution in [0.15, 0.2) is 12.3 Å². The third-order valence-corrected chi connectivity index (χ3v) is 4.12. The Morgan fingerprint density at radius 3 is 2.87 bits per heavy atom. The van der Waals surface area contributed by atoms with Crippen molar-refractivity contribution in [1.29, 1.82) is 0 Å². The highest BCUT2D eigenvalue weighted by atomic mass is 127. The molecule has 2 heterocycles. The lowest BCUT2D eigenvalue weighted by molar-refractivity contribution is -0.120. The number of hydrogen-bond donors (Lipinski definition) is 1. The maximum Gasteiger partial charge on any atom is 0.235 e. The van der Waals surface area contributed by atoms with Crippen molar-refractivity contribution >= 4 is 34.2 Å². The Morgan fingerprint density at radius 1 is 1.40 bits per heavy atom. The molecular formula is C11H11IN2O. The second-order valence-corrected chi connectivity index (χ2v) is 5.40. The summed E-state index contributed by atoms with van der Waals surface area (Å²) in [6, 6.07) is 1.96. The summed E-state index contributed by atoms with van der Waals surface area (Å²) >= 11 is 2.17. The van der Waals surface area contributed by atoms with Crippen LogP contribution in [0, 0.1) is 3.70 Å². The Hall–Kier alpha value is -0.650. The van der Waals surface area contributed by atoms with Crippen LogP contribution in [0.1, 0.15) is 31.2 Å². The lowest BCUT2D eigenvalue weighted by Crippen LogP contribution is -2.30. The molecule has 0 bridgehead atoms. The fourth-order valence-electron chi connectivity index (χ4n) is 2.75. The van der Waals surface area contributed by atoms with Crippen LogP contribution in [0.4, 0.5) is 5.69 Å². The zero-order valence-electron chi connectivity index (χ0n) is 8.22. The SMILES string of the molecule is O=C1Nc2cc(I)ncc2C12CCCC2. The molecule has 4 heteroatoms. The molecule has 1 aliphatic heterocycles. The molecule has 78 valence electrons. The van der Waals surface area contributed by atoms with E-state index in [-0.39, 0.29) is 11.3 Å². The van der Waals surface area contributed by atoms with Gasteiger partial charge in [0.25, 0.3) is 0 Å². The monoisotopic (exact) mass is 314 g/mol. The first-order valence-corrected chi connectivity index (χ1v) is 6.28. The standard InChI is InChI=1S/C11H11IN2O/c12-9-5-8-7(6-13-9)11(10(15)14-8)3-1-2-4-11/h5-6H,1-4H2,(H,14,15). The normalized spacial score (nSPS) is 21.8. The molecular weight excluding hydrogens is 303 g/mol. The predicted octanol–water partition coefficient (Wildman–Crippen LogP) is 2.45. The number of hydrogen-bond acceptors (Lipinski definition) is 2. The maximum absolute atomic E-state index is 12.0. The molecule has 1 fully saturated rings. The predicted molar refractivity (Wildman–Crippen MR) is 65.7 cm³/mol. The Labute approximate surface area is 102 Å². The van der Waals surface area contributed by atoms with E-state index in [0.29, 0.717) is 0 Å². The second kappa shape index (κ2) is 3.17. The van der Waals surface area contributed by atoms with Crippen molar-refractivity contribution in [2.24, 2.45) is 0 Å². The number of anilines is 1. The molecule has 3 rings (SSSR count). The fourth-order valence-corrected chi connectivity index (χ4v) is 3.20. The smallest absolute Gasteiger partial charge is 0.235 e. The third-order valence-electron chi connectivity index (χ3n) is 3.53. The molecule has 0 atom stereocenters. The van der Waals surface area contributed by atoms with Gasteiger partial charge in [0.1, 0.15) is 3.70 Å². The van der Waals surface area contributed by atoms with Gasteiger partial charge in [-0.05, 0) is 41.5 Å². The average Bonchev–Trinajstić information content (AvgIpc) is 2.76. The van der Waals surface area contributed by atoms with Gasteiger partial charge in [0.15, 0.2) is 0 Å². The first-order valence-electron chi connectivity index (χ1n) is 5.20. The zero-order chi connectivity index (χ0) is 10.5. The minimum atomic E-state index is -0.243. The van der Waals surface area contributed by atoms with Crippen molar-refractivity contribution < 1.29 is 4.79 Å². The highest BCUT2D eigenvalue weighted by Crippen LogP contribution is 2.48. The molecule has 1 aromatic heterocycles. The summed E-state index contributed by atoms with van der Waals surface area (Å²) in [6.45, 7) is 0. The molecule has 1 amide bonds. The first kappa shape index (κ1) is 9.57. The average molecular weight is 314 g/mol. The van der Waals surface area contributed by atoms with Crippen molar-refractivity contribution in [3.05, 3.63) is 21.5 Å². The van der Waals surface area contributed by atoms with Gasteiger partial charge < -0.3 is 5.32 Å². The molecule has 15 heavy (non-hydrogen) atoms. The van der Waals surface area contributed by atoms with Crippen molar-refractivity contribution in [2.45, 2.75) is 31.1 Å². The minimum absolute atomic E-state index is 0.179. The van der Waals surface area contributed by atoms with Gasteiger partial charge in [-0.25, -0.2) is 4.98 Å². The van der Waals surface area contributed by atoms with E-state index in [1.165, 1.54) is 0 Å². The van der Waals surface area contributed by atoms with E-state index in [0.717, 1.165) is 40.6 Å². The van der Waals surface area contributed by atoms with Gasteiger partial charge in [-0.2, -0.15) is 0 Å². The summed E-state index contributed by atoms with van der Waals surface area (Å²) in [4.78, 5) is 16.3. The summed E-state index contributed by atoms with van der Waals surface area (Å²) in [6.07, 6.45) is 6.14. The lowest BCUT2D eigenvalue weighted by Gasteiger charge is -2.19. The van der Waals surface area contributed by atoms with Crippen molar-refractivity contribution in [2.75, 3.05) is 5.32 Å². The van der Waals surface area contributed by atoms with Gasteiger partial charge in [-0.1, -0.05) is 12.8 Å². The number of pyridine rings is 1. The Morgan fingerprint density at radius 2 is 2.13 bits per heavy atom. The Bertz CT molecular complexity index is 438. The van der Waals surface area contributed by atoms with Crippen molar-refractivity contribution in [3.63, 3.8) is 0 Å². The largest absolute Gasteiger partial charge is 0.325 e. The number of halogens is 1. The van der Waals surface area contributed by atoms with Crippen LogP contribution in [-0.2, 0) is 10.2 Å². The summed E-state index contributed by atoms with van der Waals surface area (Å²) < 4.78 is 0.932. The molecule has 0 radical (unpaired) electrons. The van der Waals surface area contributed by atoms with Gasteiger partial charge in [0.05, 0.1) is 5.41 Å². The Balaban J connectivity index is 2.17. The number of amides is 1. The molecule has 2 aliphatic rings. The molecule has 1 N–H and O–H groups in total. The highest BCUT2D eigenvalue weighted by molar-refractivity contribution is 14.1. The van der Waals surface area contributed by atoms with E-state index in [4.69, 9.17) is 0 Å². The van der Waals surface area contributed by atoms with Crippen molar-refractivity contribution in [3.8, 4) is 0 Å². The molecule has 1 spiro atoms. The number of nitrogens with zero attached hydrogens (tertiary/aromatic N) is 1. The second-order valence-electron chi connectivity index (χ2n) is 4.30. The number of rotatable bonds is 0. The van der Waals surface area contributed by atoms with E-state index in [1.54, 1.807) is 0 Å². The summed E-state index contributed by atoms with van der Waals surface area (Å²) in [5.74, 6) is 0.179. The fraction of sp³-hybridized carbons (Fsp3) is 0.455. The van der Waals surface area contributed by atoms with Gasteiger partial charge in [0.2, 0.25) is 5.91 Å². The van der Waals surface area contributed by atoms with E-state index in [2.05, 4.69) is 32.9 Å². The number of nitrogens with one attached hydrogen (secondary N) is 1. The summed E-state index contributed by atoms with van der Waals surface area (Å²) in [5.41, 5.74) is 1.85. The van der Waals surface area contributed by atoms with E-state index in [1.807, 2.05) is 12.3 Å².